The molecule has 2 rings (SSSR count). The van der Waals surface area contributed by atoms with Crippen LogP contribution in [0.25, 0.3) is 11.0 Å². The van der Waals surface area contributed by atoms with Crippen molar-refractivity contribution in [1.82, 2.24) is 5.01 Å². The number of anilines is 1. The molecule has 0 fully saturated rings. The third-order valence-corrected chi connectivity index (χ3v) is 3.06. The normalized spacial score (nSPS) is 11.4. The van der Waals surface area contributed by atoms with Gasteiger partial charge in [-0.25, -0.2) is 0 Å². The number of fused-ring (bicyclic) bond motifs is 1. The molecule has 4 heteroatoms. The Hall–Kier alpha value is -1.97. The van der Waals surface area contributed by atoms with Crippen LogP contribution in [0.4, 0.5) is 5.69 Å². The summed E-state index contributed by atoms with van der Waals surface area (Å²) >= 11 is 0. The van der Waals surface area contributed by atoms with E-state index in [1.54, 1.807) is 11.2 Å². The largest absolute Gasteiger partial charge is 0.455 e. The maximum atomic E-state index is 5.73. The highest BCUT2D eigenvalue weighted by atomic mass is 16.3. The van der Waals surface area contributed by atoms with E-state index in [0.29, 0.717) is 0 Å². The summed E-state index contributed by atoms with van der Waals surface area (Å²) in [6.45, 7) is 6.35. The number of furan rings is 1. The molecule has 0 radical (unpaired) electrons. The maximum absolute atomic E-state index is 5.73. The van der Waals surface area contributed by atoms with Crippen LogP contribution >= 0.6 is 0 Å². The van der Waals surface area contributed by atoms with Crippen molar-refractivity contribution in [3.63, 3.8) is 0 Å². The fraction of sp³-hybridized carbons (Fsp3) is 0.400. The molecule has 0 saturated heterocycles. The van der Waals surface area contributed by atoms with Crippen molar-refractivity contribution in [2.24, 2.45) is 5.10 Å². The van der Waals surface area contributed by atoms with E-state index in [0.717, 1.165) is 29.8 Å². The zero-order valence-electron chi connectivity index (χ0n) is 12.1. The SMILES string of the molecule is CCN(CC)c1ccc2oc(/C=N/N(C)C)cc2c1. The summed E-state index contributed by atoms with van der Waals surface area (Å²) < 4.78 is 5.73. The fourth-order valence-corrected chi connectivity index (χ4v) is 2.07. The Balaban J connectivity index is 2.33. The Morgan fingerprint density at radius 1 is 1.16 bits per heavy atom. The molecule has 1 heterocycles. The number of hydrogen-bond donors (Lipinski definition) is 0. The van der Waals surface area contributed by atoms with Gasteiger partial charge in [-0.15, -0.1) is 0 Å². The van der Waals surface area contributed by atoms with E-state index in [4.69, 9.17) is 4.42 Å². The molecule has 0 amide bonds. The van der Waals surface area contributed by atoms with E-state index in [2.05, 4.69) is 36.0 Å². The molecule has 1 aromatic carbocycles. The Morgan fingerprint density at radius 3 is 2.53 bits per heavy atom. The third-order valence-electron chi connectivity index (χ3n) is 3.06. The van der Waals surface area contributed by atoms with E-state index in [-0.39, 0.29) is 0 Å². The molecule has 2 aromatic rings. The van der Waals surface area contributed by atoms with Gasteiger partial charge in [0.1, 0.15) is 11.3 Å². The molecule has 19 heavy (non-hydrogen) atoms. The van der Waals surface area contributed by atoms with Crippen LogP contribution in [0.2, 0.25) is 0 Å². The third kappa shape index (κ3) is 3.08. The van der Waals surface area contributed by atoms with E-state index < -0.39 is 0 Å². The van der Waals surface area contributed by atoms with Crippen molar-refractivity contribution >= 4 is 22.9 Å². The van der Waals surface area contributed by atoms with Crippen LogP contribution in [0.3, 0.4) is 0 Å². The molecule has 0 aliphatic rings. The standard InChI is InChI=1S/C15H21N3O/c1-5-18(6-2)13-7-8-15-12(9-13)10-14(19-15)11-16-17(3)4/h7-11H,5-6H2,1-4H3/b16-11+. The second kappa shape index (κ2) is 5.78. The Morgan fingerprint density at radius 2 is 1.89 bits per heavy atom. The quantitative estimate of drug-likeness (QED) is 0.610. The predicted molar refractivity (Wildman–Crippen MR) is 81.1 cm³/mol. The maximum Gasteiger partial charge on any atom is 0.148 e. The molecule has 1 aromatic heterocycles. The lowest BCUT2D eigenvalue weighted by Gasteiger charge is -2.20. The summed E-state index contributed by atoms with van der Waals surface area (Å²) in [5, 5.41) is 7.04. The number of hydrogen-bond acceptors (Lipinski definition) is 4. The van der Waals surface area contributed by atoms with Gasteiger partial charge in [0.2, 0.25) is 0 Å². The first-order valence-electron chi connectivity index (χ1n) is 6.64. The summed E-state index contributed by atoms with van der Waals surface area (Å²) in [6, 6.07) is 8.32. The van der Waals surface area contributed by atoms with Crippen LogP contribution in [0, 0.1) is 0 Å². The highest BCUT2D eigenvalue weighted by Crippen LogP contribution is 2.24. The number of nitrogens with zero attached hydrogens (tertiary/aromatic N) is 3. The van der Waals surface area contributed by atoms with Crippen molar-refractivity contribution in [1.29, 1.82) is 0 Å². The lowest BCUT2D eigenvalue weighted by Crippen LogP contribution is -2.21. The lowest BCUT2D eigenvalue weighted by molar-refractivity contribution is 0.438. The van der Waals surface area contributed by atoms with Gasteiger partial charge in [0.25, 0.3) is 0 Å². The van der Waals surface area contributed by atoms with Crippen LogP contribution in [0.15, 0.2) is 33.8 Å². The smallest absolute Gasteiger partial charge is 0.148 e. The molecule has 0 N–H and O–H groups in total. The van der Waals surface area contributed by atoms with E-state index in [1.165, 1.54) is 5.69 Å². The molecule has 0 spiro atoms. The van der Waals surface area contributed by atoms with Gasteiger partial charge in [0.05, 0.1) is 6.21 Å². The first-order chi connectivity index (χ1) is 9.13. The van der Waals surface area contributed by atoms with Gasteiger partial charge in [-0.1, -0.05) is 0 Å². The summed E-state index contributed by atoms with van der Waals surface area (Å²) in [7, 11) is 3.77. The van der Waals surface area contributed by atoms with Gasteiger partial charge in [0.15, 0.2) is 0 Å². The van der Waals surface area contributed by atoms with Gasteiger partial charge in [-0.05, 0) is 38.1 Å². The number of hydrazone groups is 1. The molecule has 4 nitrogen and oxygen atoms in total. The number of rotatable bonds is 5. The molecular formula is C15H21N3O. The second-order valence-electron chi connectivity index (χ2n) is 4.63. The molecular weight excluding hydrogens is 238 g/mol. The van der Waals surface area contributed by atoms with E-state index in [1.807, 2.05) is 26.2 Å². The van der Waals surface area contributed by atoms with Crippen LogP contribution in [-0.2, 0) is 0 Å². The van der Waals surface area contributed by atoms with Crippen LogP contribution in [-0.4, -0.2) is 38.4 Å². The fourth-order valence-electron chi connectivity index (χ4n) is 2.07. The monoisotopic (exact) mass is 259 g/mol. The predicted octanol–water partition coefficient (Wildman–Crippen LogP) is 3.17. The lowest BCUT2D eigenvalue weighted by atomic mass is 10.2. The van der Waals surface area contributed by atoms with Crippen molar-refractivity contribution in [3.05, 3.63) is 30.0 Å². The first-order valence-corrected chi connectivity index (χ1v) is 6.64. The highest BCUT2D eigenvalue weighted by molar-refractivity contribution is 5.88. The molecule has 102 valence electrons. The topological polar surface area (TPSA) is 32.0 Å². The zero-order chi connectivity index (χ0) is 13.8. The van der Waals surface area contributed by atoms with Crippen molar-refractivity contribution in [3.8, 4) is 0 Å². The van der Waals surface area contributed by atoms with Crippen molar-refractivity contribution < 1.29 is 4.42 Å². The highest BCUT2D eigenvalue weighted by Gasteiger charge is 2.06. The average molecular weight is 259 g/mol. The average Bonchev–Trinajstić information content (AvgIpc) is 2.80. The first kappa shape index (κ1) is 13.5. The van der Waals surface area contributed by atoms with E-state index in [9.17, 15) is 0 Å². The molecule has 0 atom stereocenters. The van der Waals surface area contributed by atoms with Gasteiger partial charge >= 0.3 is 0 Å². The van der Waals surface area contributed by atoms with Gasteiger partial charge in [-0.2, -0.15) is 5.10 Å². The number of benzene rings is 1. The van der Waals surface area contributed by atoms with Crippen LogP contribution in [0.5, 0.6) is 0 Å². The van der Waals surface area contributed by atoms with Crippen LogP contribution in [0.1, 0.15) is 19.6 Å². The summed E-state index contributed by atoms with van der Waals surface area (Å²) in [5.74, 6) is 0.778. The molecule has 0 aliphatic carbocycles. The minimum atomic E-state index is 0.778. The van der Waals surface area contributed by atoms with Gasteiger partial charge in [-0.3, -0.25) is 0 Å². The van der Waals surface area contributed by atoms with Gasteiger partial charge in [0, 0.05) is 38.3 Å². The van der Waals surface area contributed by atoms with E-state index >= 15 is 0 Å². The summed E-state index contributed by atoms with van der Waals surface area (Å²) in [6.07, 6.45) is 1.73. The van der Waals surface area contributed by atoms with Crippen molar-refractivity contribution in [2.75, 3.05) is 32.1 Å². The van der Waals surface area contributed by atoms with Crippen molar-refractivity contribution in [2.45, 2.75) is 13.8 Å². The summed E-state index contributed by atoms with van der Waals surface area (Å²) in [5.41, 5.74) is 2.13. The Kier molecular flexibility index (Phi) is 4.10. The molecule has 0 unspecified atom stereocenters. The van der Waals surface area contributed by atoms with Crippen LogP contribution < -0.4 is 4.90 Å². The summed E-state index contributed by atoms with van der Waals surface area (Å²) in [4.78, 5) is 2.32. The molecule has 0 saturated carbocycles. The molecule has 0 bridgehead atoms. The Bertz CT molecular complexity index is 568. The minimum absolute atomic E-state index is 0.778. The minimum Gasteiger partial charge on any atom is -0.455 e. The zero-order valence-corrected chi connectivity index (χ0v) is 12.1. The Labute approximate surface area is 114 Å². The second-order valence-corrected chi connectivity index (χ2v) is 4.63. The molecule has 0 aliphatic heterocycles. The van der Waals surface area contributed by atoms with Gasteiger partial charge < -0.3 is 14.3 Å².